The summed E-state index contributed by atoms with van der Waals surface area (Å²) >= 11 is 0. The third-order valence-corrected chi connectivity index (χ3v) is 5.38. The third kappa shape index (κ3) is 4.57. The standard InChI is InChI=1S/C23H30N4O5/c1-4-30-19-11-16(12-20(31-5-2)21(19)32-6-3)22(28)27-14-17-13-24-23(25-18(17)15-27)26-7-9-29-10-8-26/h11-13H,4-10,14-15H2,1-3H3. The Kier molecular flexibility index (Phi) is 6.94. The summed E-state index contributed by atoms with van der Waals surface area (Å²) in [5.41, 5.74) is 2.35. The molecule has 1 saturated heterocycles. The summed E-state index contributed by atoms with van der Waals surface area (Å²) in [4.78, 5) is 26.5. The maximum absolute atomic E-state index is 13.4. The van der Waals surface area contributed by atoms with E-state index in [1.165, 1.54) is 0 Å². The lowest BCUT2D eigenvalue weighted by atomic mass is 10.1. The van der Waals surface area contributed by atoms with Crippen molar-refractivity contribution >= 4 is 11.9 Å². The summed E-state index contributed by atoms with van der Waals surface area (Å²) in [5, 5.41) is 0. The second kappa shape index (κ2) is 10.0. The van der Waals surface area contributed by atoms with Gasteiger partial charge in [-0.15, -0.1) is 0 Å². The van der Waals surface area contributed by atoms with Gasteiger partial charge in [-0.2, -0.15) is 0 Å². The molecule has 0 radical (unpaired) electrons. The number of morpholine rings is 1. The number of carbonyl (C=O) groups is 1. The van der Waals surface area contributed by atoms with Crippen LogP contribution in [-0.2, 0) is 17.8 Å². The molecule has 32 heavy (non-hydrogen) atoms. The molecule has 0 atom stereocenters. The van der Waals surface area contributed by atoms with E-state index in [2.05, 4.69) is 9.88 Å². The quantitative estimate of drug-likeness (QED) is 0.617. The largest absolute Gasteiger partial charge is 0.490 e. The van der Waals surface area contributed by atoms with Gasteiger partial charge in [-0.25, -0.2) is 9.97 Å². The van der Waals surface area contributed by atoms with E-state index in [1.54, 1.807) is 17.0 Å². The average molecular weight is 443 g/mol. The Labute approximate surface area is 188 Å². The molecule has 0 aliphatic carbocycles. The molecule has 0 saturated carbocycles. The number of aromatic nitrogens is 2. The summed E-state index contributed by atoms with van der Waals surface area (Å²) in [5.74, 6) is 2.13. The van der Waals surface area contributed by atoms with E-state index in [0.29, 0.717) is 74.9 Å². The van der Waals surface area contributed by atoms with E-state index in [9.17, 15) is 4.79 Å². The fraction of sp³-hybridized carbons (Fsp3) is 0.522. The predicted molar refractivity (Wildman–Crippen MR) is 119 cm³/mol. The number of ether oxygens (including phenoxy) is 4. The summed E-state index contributed by atoms with van der Waals surface area (Å²) in [6, 6.07) is 3.46. The van der Waals surface area contributed by atoms with Crippen molar-refractivity contribution in [2.75, 3.05) is 51.0 Å². The van der Waals surface area contributed by atoms with E-state index in [1.807, 2.05) is 27.0 Å². The van der Waals surface area contributed by atoms with Crippen molar-refractivity contribution in [3.63, 3.8) is 0 Å². The zero-order valence-corrected chi connectivity index (χ0v) is 18.9. The Morgan fingerprint density at radius 1 is 1.00 bits per heavy atom. The van der Waals surface area contributed by atoms with Crippen LogP contribution in [-0.4, -0.2) is 66.9 Å². The van der Waals surface area contributed by atoms with Crippen LogP contribution >= 0.6 is 0 Å². The predicted octanol–water partition coefficient (Wildman–Crippen LogP) is 2.67. The Morgan fingerprint density at radius 3 is 2.28 bits per heavy atom. The highest BCUT2D eigenvalue weighted by molar-refractivity contribution is 5.96. The number of amides is 1. The molecule has 1 aromatic heterocycles. The Hall–Kier alpha value is -3.07. The number of fused-ring (bicyclic) bond motifs is 1. The van der Waals surface area contributed by atoms with Crippen LogP contribution in [0.3, 0.4) is 0 Å². The molecular formula is C23H30N4O5. The molecule has 1 fully saturated rings. The normalized spacial score (nSPS) is 15.5. The van der Waals surface area contributed by atoms with Crippen molar-refractivity contribution in [1.29, 1.82) is 0 Å². The molecule has 3 heterocycles. The first kappa shape index (κ1) is 22.1. The van der Waals surface area contributed by atoms with E-state index >= 15 is 0 Å². The van der Waals surface area contributed by atoms with E-state index in [0.717, 1.165) is 24.3 Å². The van der Waals surface area contributed by atoms with Gasteiger partial charge in [-0.3, -0.25) is 4.79 Å². The highest BCUT2D eigenvalue weighted by Crippen LogP contribution is 2.40. The van der Waals surface area contributed by atoms with Gasteiger partial charge in [-0.1, -0.05) is 0 Å². The number of carbonyl (C=O) groups excluding carboxylic acids is 1. The van der Waals surface area contributed by atoms with Crippen LogP contribution in [0.4, 0.5) is 5.95 Å². The lowest BCUT2D eigenvalue weighted by Crippen LogP contribution is -2.37. The molecule has 172 valence electrons. The molecule has 0 bridgehead atoms. The molecule has 9 nitrogen and oxygen atoms in total. The van der Waals surface area contributed by atoms with Gasteiger partial charge in [0.2, 0.25) is 11.7 Å². The molecule has 1 aromatic carbocycles. The third-order valence-electron chi connectivity index (χ3n) is 5.38. The summed E-state index contributed by atoms with van der Waals surface area (Å²) in [7, 11) is 0. The molecule has 2 aliphatic rings. The zero-order valence-electron chi connectivity index (χ0n) is 18.9. The van der Waals surface area contributed by atoms with Crippen LogP contribution in [0, 0.1) is 0 Å². The lowest BCUT2D eigenvalue weighted by Gasteiger charge is -2.26. The summed E-state index contributed by atoms with van der Waals surface area (Å²) in [6.07, 6.45) is 1.83. The van der Waals surface area contributed by atoms with E-state index in [4.69, 9.17) is 23.9 Å². The minimum absolute atomic E-state index is 0.110. The molecule has 0 N–H and O–H groups in total. The van der Waals surface area contributed by atoms with Crippen LogP contribution in [0.15, 0.2) is 18.3 Å². The van der Waals surface area contributed by atoms with Crippen molar-refractivity contribution in [1.82, 2.24) is 14.9 Å². The van der Waals surface area contributed by atoms with Crippen LogP contribution in [0.25, 0.3) is 0 Å². The average Bonchev–Trinajstić information content (AvgIpc) is 3.25. The number of rotatable bonds is 8. The van der Waals surface area contributed by atoms with E-state index < -0.39 is 0 Å². The Balaban J connectivity index is 1.56. The Morgan fingerprint density at radius 2 is 1.66 bits per heavy atom. The van der Waals surface area contributed by atoms with Gasteiger partial charge in [-0.05, 0) is 32.9 Å². The van der Waals surface area contributed by atoms with Crippen LogP contribution in [0.1, 0.15) is 42.4 Å². The highest BCUT2D eigenvalue weighted by atomic mass is 16.5. The highest BCUT2D eigenvalue weighted by Gasteiger charge is 2.29. The minimum atomic E-state index is -0.110. The van der Waals surface area contributed by atoms with Crippen LogP contribution in [0.5, 0.6) is 17.2 Å². The molecule has 0 unspecified atom stereocenters. The van der Waals surface area contributed by atoms with Crippen LogP contribution in [0.2, 0.25) is 0 Å². The van der Waals surface area contributed by atoms with Gasteiger partial charge in [0.25, 0.3) is 5.91 Å². The summed E-state index contributed by atoms with van der Waals surface area (Å²) < 4.78 is 22.7. The van der Waals surface area contributed by atoms with Gasteiger partial charge < -0.3 is 28.7 Å². The smallest absolute Gasteiger partial charge is 0.254 e. The van der Waals surface area contributed by atoms with Crippen molar-refractivity contribution in [3.8, 4) is 17.2 Å². The first-order valence-electron chi connectivity index (χ1n) is 11.2. The van der Waals surface area contributed by atoms with Crippen molar-refractivity contribution in [2.24, 2.45) is 0 Å². The number of hydrogen-bond acceptors (Lipinski definition) is 8. The lowest BCUT2D eigenvalue weighted by molar-refractivity contribution is 0.0749. The van der Waals surface area contributed by atoms with Gasteiger partial charge in [0, 0.05) is 37.0 Å². The first-order valence-corrected chi connectivity index (χ1v) is 11.2. The van der Waals surface area contributed by atoms with Gasteiger partial charge >= 0.3 is 0 Å². The zero-order chi connectivity index (χ0) is 22.5. The van der Waals surface area contributed by atoms with Crippen LogP contribution < -0.4 is 19.1 Å². The second-order valence-corrected chi connectivity index (χ2v) is 7.50. The fourth-order valence-corrected chi connectivity index (χ4v) is 3.90. The first-order chi connectivity index (χ1) is 15.6. The topological polar surface area (TPSA) is 86.3 Å². The maximum Gasteiger partial charge on any atom is 0.254 e. The molecule has 2 aromatic rings. The van der Waals surface area contributed by atoms with Crippen molar-refractivity contribution < 1.29 is 23.7 Å². The number of benzene rings is 1. The number of anilines is 1. The second-order valence-electron chi connectivity index (χ2n) is 7.50. The van der Waals surface area contributed by atoms with Crippen molar-refractivity contribution in [2.45, 2.75) is 33.9 Å². The summed E-state index contributed by atoms with van der Waals surface area (Å²) in [6.45, 7) is 10.9. The molecule has 4 rings (SSSR count). The fourth-order valence-electron chi connectivity index (χ4n) is 3.90. The molecule has 0 spiro atoms. The molecule has 9 heteroatoms. The monoisotopic (exact) mass is 442 g/mol. The van der Waals surface area contributed by atoms with Crippen molar-refractivity contribution in [3.05, 3.63) is 35.2 Å². The Bertz CT molecular complexity index is 934. The number of nitrogens with zero attached hydrogens (tertiary/aromatic N) is 4. The SMILES string of the molecule is CCOc1cc(C(=O)N2Cc3cnc(N4CCOCC4)nc3C2)cc(OCC)c1OCC. The van der Waals surface area contributed by atoms with Gasteiger partial charge in [0.15, 0.2) is 11.5 Å². The number of hydrogen-bond donors (Lipinski definition) is 0. The van der Waals surface area contributed by atoms with E-state index in [-0.39, 0.29) is 5.91 Å². The minimum Gasteiger partial charge on any atom is -0.490 e. The maximum atomic E-state index is 13.4. The van der Waals surface area contributed by atoms with Gasteiger partial charge in [0.1, 0.15) is 0 Å². The van der Waals surface area contributed by atoms with Gasteiger partial charge in [0.05, 0.1) is 45.3 Å². The molecular weight excluding hydrogens is 412 g/mol. The molecule has 2 aliphatic heterocycles. The molecule has 1 amide bonds.